The molecule has 0 spiro atoms. The van der Waals surface area contributed by atoms with Crippen LogP contribution in [-0.4, -0.2) is 38.4 Å². The van der Waals surface area contributed by atoms with Gasteiger partial charge in [0.05, 0.1) is 11.7 Å². The molecular formula is C23H38O4. The van der Waals surface area contributed by atoms with Gasteiger partial charge in [0.2, 0.25) is 0 Å². The van der Waals surface area contributed by atoms with Crippen LogP contribution in [0.15, 0.2) is 0 Å². The lowest BCUT2D eigenvalue weighted by Gasteiger charge is -2.68. The van der Waals surface area contributed by atoms with Crippen molar-refractivity contribution in [2.75, 3.05) is 0 Å². The standard InChI is InChI=1S/C23H38O4/c1-14(24)19(2)10-7-17-16-13-22(5,26)23(27)12-15(25)6-9-21(23,4)18(16)8-11-20(17,19)3/h15-18,25-27H,6-13H2,1-5H3/t15?,16-,17-,18-,19+,20-,21+,22?,23?/m0/s1. The minimum Gasteiger partial charge on any atom is -0.393 e. The summed E-state index contributed by atoms with van der Waals surface area (Å²) in [5, 5.41) is 33.5. The number of aliphatic hydroxyl groups excluding tert-OH is 1. The van der Waals surface area contributed by atoms with E-state index in [0.29, 0.717) is 36.4 Å². The molecule has 0 saturated heterocycles. The molecule has 9 atom stereocenters. The molecule has 0 radical (unpaired) electrons. The molecule has 4 heteroatoms. The Labute approximate surface area is 163 Å². The highest BCUT2D eigenvalue weighted by atomic mass is 16.4. The third kappa shape index (κ3) is 2.18. The number of hydrogen-bond donors (Lipinski definition) is 3. The third-order valence-corrected chi connectivity index (χ3v) is 10.6. The van der Waals surface area contributed by atoms with Crippen molar-refractivity contribution < 1.29 is 20.1 Å². The fraction of sp³-hybridized carbons (Fsp3) is 0.957. The van der Waals surface area contributed by atoms with Crippen LogP contribution < -0.4 is 0 Å². The first-order chi connectivity index (χ1) is 12.3. The van der Waals surface area contributed by atoms with Crippen LogP contribution in [0.1, 0.15) is 86.0 Å². The smallest absolute Gasteiger partial charge is 0.136 e. The summed E-state index contributed by atoms with van der Waals surface area (Å²) in [6.45, 7) is 10.2. The van der Waals surface area contributed by atoms with Crippen LogP contribution in [0.4, 0.5) is 0 Å². The Morgan fingerprint density at radius 2 is 1.41 bits per heavy atom. The zero-order valence-corrected chi connectivity index (χ0v) is 17.7. The Bertz CT molecular complexity index is 659. The van der Waals surface area contributed by atoms with Crippen LogP contribution >= 0.6 is 0 Å². The minimum atomic E-state index is -1.24. The molecule has 0 amide bonds. The van der Waals surface area contributed by atoms with Crippen LogP contribution in [0.25, 0.3) is 0 Å². The number of aliphatic hydroxyl groups is 3. The number of rotatable bonds is 1. The van der Waals surface area contributed by atoms with Gasteiger partial charge in [0.1, 0.15) is 11.4 Å². The Morgan fingerprint density at radius 3 is 2.04 bits per heavy atom. The highest BCUT2D eigenvalue weighted by Crippen LogP contribution is 2.72. The fourth-order valence-electron chi connectivity index (χ4n) is 8.51. The lowest BCUT2D eigenvalue weighted by Crippen LogP contribution is -2.73. The highest BCUT2D eigenvalue weighted by molar-refractivity contribution is 5.83. The van der Waals surface area contributed by atoms with Gasteiger partial charge in [0, 0.05) is 17.3 Å². The van der Waals surface area contributed by atoms with E-state index in [4.69, 9.17) is 0 Å². The topological polar surface area (TPSA) is 77.8 Å². The minimum absolute atomic E-state index is 0.0178. The summed E-state index contributed by atoms with van der Waals surface area (Å²) >= 11 is 0. The molecular weight excluding hydrogens is 340 g/mol. The second-order valence-corrected chi connectivity index (χ2v) is 11.4. The second-order valence-electron chi connectivity index (χ2n) is 11.4. The second kappa shape index (κ2) is 5.58. The van der Waals surface area contributed by atoms with Gasteiger partial charge < -0.3 is 15.3 Å². The predicted molar refractivity (Wildman–Crippen MR) is 104 cm³/mol. The molecule has 4 nitrogen and oxygen atoms in total. The average Bonchev–Trinajstić information content (AvgIpc) is 2.84. The average molecular weight is 379 g/mol. The quantitative estimate of drug-likeness (QED) is 0.653. The normalized spacial score (nSPS) is 60.3. The number of carbonyl (C=O) groups excluding carboxylic acids is 1. The van der Waals surface area contributed by atoms with Gasteiger partial charge in [-0.1, -0.05) is 20.8 Å². The first kappa shape index (κ1) is 19.8. The van der Waals surface area contributed by atoms with E-state index in [1.165, 1.54) is 0 Å². The van der Waals surface area contributed by atoms with E-state index in [2.05, 4.69) is 20.8 Å². The SMILES string of the molecule is CC(=O)[C@@]1(C)CC[C@H]2[C@@H]3CC(C)(O)C4(O)CC(O)CC[C@]4(C)[C@H]3CC[C@@]21C. The zero-order valence-electron chi connectivity index (χ0n) is 17.7. The Balaban J connectivity index is 1.76. The molecule has 4 aliphatic rings. The maximum Gasteiger partial charge on any atom is 0.136 e. The summed E-state index contributed by atoms with van der Waals surface area (Å²) in [6, 6.07) is 0. The zero-order chi connectivity index (χ0) is 20.0. The molecule has 27 heavy (non-hydrogen) atoms. The summed E-state index contributed by atoms with van der Waals surface area (Å²) in [5.74, 6) is 1.41. The van der Waals surface area contributed by atoms with Gasteiger partial charge in [0.15, 0.2) is 0 Å². The van der Waals surface area contributed by atoms with Crippen LogP contribution in [0, 0.1) is 34.0 Å². The van der Waals surface area contributed by atoms with Crippen molar-refractivity contribution in [3.8, 4) is 0 Å². The van der Waals surface area contributed by atoms with Crippen molar-refractivity contribution >= 4 is 5.78 Å². The largest absolute Gasteiger partial charge is 0.393 e. The van der Waals surface area contributed by atoms with Gasteiger partial charge in [-0.2, -0.15) is 0 Å². The Morgan fingerprint density at radius 1 is 0.852 bits per heavy atom. The molecule has 0 heterocycles. The van der Waals surface area contributed by atoms with Crippen molar-refractivity contribution in [2.24, 2.45) is 34.0 Å². The Hall–Kier alpha value is -0.450. The monoisotopic (exact) mass is 378 g/mol. The van der Waals surface area contributed by atoms with E-state index in [1.807, 2.05) is 0 Å². The molecule has 4 fully saturated rings. The first-order valence-corrected chi connectivity index (χ1v) is 11.0. The van der Waals surface area contributed by atoms with E-state index in [0.717, 1.165) is 32.1 Å². The van der Waals surface area contributed by atoms with Crippen LogP contribution in [-0.2, 0) is 4.79 Å². The van der Waals surface area contributed by atoms with Crippen molar-refractivity contribution in [3.63, 3.8) is 0 Å². The molecule has 4 saturated carbocycles. The highest BCUT2D eigenvalue weighted by Gasteiger charge is 2.72. The Kier molecular flexibility index (Phi) is 4.10. The lowest BCUT2D eigenvalue weighted by atomic mass is 9.39. The van der Waals surface area contributed by atoms with Crippen LogP contribution in [0.3, 0.4) is 0 Å². The van der Waals surface area contributed by atoms with Crippen molar-refractivity contribution in [2.45, 2.75) is 103 Å². The molecule has 0 aliphatic heterocycles. The number of ketones is 1. The van der Waals surface area contributed by atoms with Gasteiger partial charge in [-0.15, -0.1) is 0 Å². The van der Waals surface area contributed by atoms with Gasteiger partial charge in [0.25, 0.3) is 0 Å². The van der Waals surface area contributed by atoms with Crippen LogP contribution in [0.5, 0.6) is 0 Å². The summed E-state index contributed by atoms with van der Waals surface area (Å²) in [4.78, 5) is 12.6. The van der Waals surface area contributed by atoms with Crippen molar-refractivity contribution in [3.05, 3.63) is 0 Å². The van der Waals surface area contributed by atoms with E-state index in [9.17, 15) is 20.1 Å². The molecule has 3 N–H and O–H groups in total. The number of Topliss-reactive ketones (excluding diaryl/α,β-unsaturated/α-hetero) is 1. The van der Waals surface area contributed by atoms with E-state index >= 15 is 0 Å². The van der Waals surface area contributed by atoms with Gasteiger partial charge in [-0.25, -0.2) is 0 Å². The lowest BCUT2D eigenvalue weighted by molar-refractivity contribution is -0.301. The number of hydrogen-bond acceptors (Lipinski definition) is 4. The van der Waals surface area contributed by atoms with Gasteiger partial charge in [-0.3, -0.25) is 4.79 Å². The molecule has 4 aliphatic carbocycles. The summed E-state index contributed by atoms with van der Waals surface area (Å²) in [7, 11) is 0. The summed E-state index contributed by atoms with van der Waals surface area (Å²) in [5.41, 5.74) is -3.12. The molecule has 0 aromatic carbocycles. The van der Waals surface area contributed by atoms with Crippen molar-refractivity contribution in [1.82, 2.24) is 0 Å². The molecule has 0 aromatic heterocycles. The maximum absolute atomic E-state index is 12.6. The van der Waals surface area contributed by atoms with E-state index in [-0.39, 0.29) is 22.7 Å². The van der Waals surface area contributed by atoms with E-state index < -0.39 is 17.3 Å². The molecule has 3 unspecified atom stereocenters. The number of carbonyl (C=O) groups is 1. The maximum atomic E-state index is 12.6. The van der Waals surface area contributed by atoms with Crippen LogP contribution in [0.2, 0.25) is 0 Å². The molecule has 154 valence electrons. The summed E-state index contributed by atoms with van der Waals surface area (Å²) < 4.78 is 0. The third-order valence-electron chi connectivity index (χ3n) is 10.6. The molecule has 4 rings (SSSR count). The summed E-state index contributed by atoms with van der Waals surface area (Å²) in [6.07, 6.45) is 5.78. The van der Waals surface area contributed by atoms with Crippen molar-refractivity contribution in [1.29, 1.82) is 0 Å². The van der Waals surface area contributed by atoms with Gasteiger partial charge in [-0.05, 0) is 82.0 Å². The predicted octanol–water partition coefficient (Wildman–Crippen LogP) is 3.46. The fourth-order valence-corrected chi connectivity index (χ4v) is 8.51. The van der Waals surface area contributed by atoms with Gasteiger partial charge >= 0.3 is 0 Å². The first-order valence-electron chi connectivity index (χ1n) is 11.0. The molecule has 0 bridgehead atoms. The van der Waals surface area contributed by atoms with E-state index in [1.54, 1.807) is 13.8 Å². The number of fused-ring (bicyclic) bond motifs is 5. The molecule has 0 aromatic rings.